The number of benzene rings is 1. The van der Waals surface area contributed by atoms with E-state index in [9.17, 15) is 24.3 Å². The van der Waals surface area contributed by atoms with Gasteiger partial charge in [-0.1, -0.05) is 71.9 Å². The second-order valence-corrected chi connectivity index (χ2v) is 13.2. The first-order valence-electron chi connectivity index (χ1n) is 15.1. The minimum atomic E-state index is -1.15. The van der Waals surface area contributed by atoms with Crippen molar-refractivity contribution in [3.63, 3.8) is 0 Å². The van der Waals surface area contributed by atoms with E-state index in [1.165, 1.54) is 12.0 Å². The lowest BCUT2D eigenvalue weighted by atomic mass is 10.00. The molecule has 0 aromatic heterocycles. The number of aliphatic hydroxyl groups is 1. The van der Waals surface area contributed by atoms with Gasteiger partial charge in [0, 0.05) is 6.54 Å². The van der Waals surface area contributed by atoms with Crippen molar-refractivity contribution >= 4 is 24.0 Å². The zero-order valence-electron chi connectivity index (χ0n) is 27.6. The summed E-state index contributed by atoms with van der Waals surface area (Å²) in [5, 5.41) is 19.7. The van der Waals surface area contributed by atoms with Crippen LogP contribution in [-0.2, 0) is 25.5 Å². The molecular formula is C32H54N4O7. The van der Waals surface area contributed by atoms with Crippen molar-refractivity contribution in [3.8, 4) is 0 Å². The summed E-state index contributed by atoms with van der Waals surface area (Å²) in [6.45, 7) is 16.8. The molecule has 0 aliphatic carbocycles. The molecule has 1 aromatic rings. The van der Waals surface area contributed by atoms with E-state index >= 15 is 0 Å². The van der Waals surface area contributed by atoms with Crippen LogP contribution in [0.2, 0.25) is 0 Å². The van der Waals surface area contributed by atoms with E-state index in [-0.39, 0.29) is 24.3 Å². The lowest BCUT2D eigenvalue weighted by Crippen LogP contribution is -2.58. The Kier molecular flexibility index (Phi) is 15.5. The molecule has 0 spiro atoms. The molecule has 1 aromatic carbocycles. The first-order valence-corrected chi connectivity index (χ1v) is 15.1. The Hall–Kier alpha value is -3.34. The van der Waals surface area contributed by atoms with Crippen molar-refractivity contribution in [2.75, 3.05) is 20.2 Å². The normalized spacial score (nSPS) is 14.5. The van der Waals surface area contributed by atoms with Gasteiger partial charge in [0.15, 0.2) is 0 Å². The summed E-state index contributed by atoms with van der Waals surface area (Å²) < 4.78 is 10.3. The van der Waals surface area contributed by atoms with Gasteiger partial charge in [-0.3, -0.25) is 4.79 Å². The van der Waals surface area contributed by atoms with Crippen LogP contribution in [0.15, 0.2) is 30.3 Å². The van der Waals surface area contributed by atoms with Gasteiger partial charge >= 0.3 is 18.1 Å². The maximum absolute atomic E-state index is 13.6. The second kappa shape index (κ2) is 17.7. The largest absolute Gasteiger partial charge is 0.467 e. The summed E-state index contributed by atoms with van der Waals surface area (Å²) in [7, 11) is 1.26. The van der Waals surface area contributed by atoms with Gasteiger partial charge in [-0.05, 0) is 56.9 Å². The number of alkyl carbamates (subject to hydrolysis) is 1. The number of hydrogen-bond acceptors (Lipinski definition) is 7. The highest BCUT2D eigenvalue weighted by Crippen LogP contribution is 2.14. The molecule has 11 heteroatoms. The van der Waals surface area contributed by atoms with E-state index in [0.717, 1.165) is 5.56 Å². The zero-order chi connectivity index (χ0) is 32.9. The molecule has 11 nitrogen and oxygen atoms in total. The topological polar surface area (TPSA) is 146 Å². The Morgan fingerprint density at radius 2 is 1.49 bits per heavy atom. The van der Waals surface area contributed by atoms with Gasteiger partial charge in [-0.25, -0.2) is 14.4 Å². The van der Waals surface area contributed by atoms with E-state index < -0.39 is 53.8 Å². The molecule has 0 saturated carbocycles. The predicted octanol–water partition coefficient (Wildman–Crippen LogP) is 3.88. The van der Waals surface area contributed by atoms with E-state index in [4.69, 9.17) is 9.47 Å². The number of hydrogen-bond donors (Lipinski definition) is 4. The average Bonchev–Trinajstić information content (AvgIpc) is 2.88. The number of nitrogens with zero attached hydrogens (tertiary/aromatic N) is 1. The van der Waals surface area contributed by atoms with Crippen LogP contribution in [-0.4, -0.2) is 84.0 Å². The number of rotatable bonds is 15. The van der Waals surface area contributed by atoms with Crippen molar-refractivity contribution in [1.29, 1.82) is 0 Å². The van der Waals surface area contributed by atoms with Crippen molar-refractivity contribution in [3.05, 3.63) is 35.9 Å². The van der Waals surface area contributed by atoms with Gasteiger partial charge in [-0.15, -0.1) is 0 Å². The number of urea groups is 1. The fourth-order valence-corrected chi connectivity index (χ4v) is 4.47. The third kappa shape index (κ3) is 14.6. The number of aliphatic hydroxyl groups excluding tert-OH is 1. The smallest absolute Gasteiger partial charge is 0.407 e. The summed E-state index contributed by atoms with van der Waals surface area (Å²) in [6, 6.07) is 6.31. The minimum absolute atomic E-state index is 0.0476. The van der Waals surface area contributed by atoms with Crippen LogP contribution < -0.4 is 16.0 Å². The summed E-state index contributed by atoms with van der Waals surface area (Å²) in [6.07, 6.45) is -1.19. The molecule has 0 unspecified atom stereocenters. The maximum Gasteiger partial charge on any atom is 0.407 e. The van der Waals surface area contributed by atoms with Crippen molar-refractivity contribution < 1.29 is 33.8 Å². The third-order valence-electron chi connectivity index (χ3n) is 6.49. The lowest BCUT2D eigenvalue weighted by Gasteiger charge is -2.33. The van der Waals surface area contributed by atoms with Gasteiger partial charge in [0.25, 0.3) is 0 Å². The molecule has 0 bridgehead atoms. The maximum atomic E-state index is 13.6. The van der Waals surface area contributed by atoms with Gasteiger partial charge in [0.1, 0.15) is 17.7 Å². The van der Waals surface area contributed by atoms with Gasteiger partial charge in [0.2, 0.25) is 5.91 Å². The van der Waals surface area contributed by atoms with E-state index in [2.05, 4.69) is 16.0 Å². The second-order valence-electron chi connectivity index (χ2n) is 13.2. The van der Waals surface area contributed by atoms with Crippen molar-refractivity contribution in [2.24, 2.45) is 17.8 Å². The highest BCUT2D eigenvalue weighted by atomic mass is 16.6. The molecule has 244 valence electrons. The minimum Gasteiger partial charge on any atom is -0.467 e. The molecule has 1 rings (SSSR count). The first-order chi connectivity index (χ1) is 19.9. The number of methoxy groups -OCH3 is 1. The number of nitrogens with one attached hydrogen (secondary N) is 3. The van der Waals surface area contributed by atoms with E-state index in [1.54, 1.807) is 34.6 Å². The molecule has 0 aliphatic heterocycles. The lowest BCUT2D eigenvalue weighted by molar-refractivity contribution is -0.146. The molecule has 43 heavy (non-hydrogen) atoms. The van der Waals surface area contributed by atoms with Crippen LogP contribution in [0, 0.1) is 17.8 Å². The molecule has 0 radical (unpaired) electrons. The van der Waals surface area contributed by atoms with Gasteiger partial charge in [-0.2, -0.15) is 0 Å². The molecule has 4 amide bonds. The van der Waals surface area contributed by atoms with Crippen LogP contribution in [0.3, 0.4) is 0 Å². The standard InChI is InChI=1S/C32H54N4O7/c1-20(2)16-25(28(38)35-27(22(5)6)29(39)42-10)33-30(40)36(18-21(3)4)19-26(37)24(17-23-14-12-11-13-15-23)34-31(41)43-32(7,8)9/h11-15,20-22,24-27,37H,16-19H2,1-10H3,(H,33,40)(H,34,41)(H,35,38)/t24-,25-,26-,27-/m1/s1. The fourth-order valence-electron chi connectivity index (χ4n) is 4.47. The molecule has 4 N–H and O–H groups in total. The monoisotopic (exact) mass is 606 g/mol. The quantitative estimate of drug-likeness (QED) is 0.222. The van der Waals surface area contributed by atoms with Crippen LogP contribution in [0.5, 0.6) is 0 Å². The highest BCUT2D eigenvalue weighted by molar-refractivity contribution is 5.90. The van der Waals surface area contributed by atoms with Crippen LogP contribution in [0.1, 0.15) is 74.3 Å². The number of esters is 1. The Morgan fingerprint density at radius 3 is 1.98 bits per heavy atom. The summed E-state index contributed by atoms with van der Waals surface area (Å²) >= 11 is 0. The highest BCUT2D eigenvalue weighted by Gasteiger charge is 2.33. The van der Waals surface area contributed by atoms with E-state index in [0.29, 0.717) is 19.4 Å². The Morgan fingerprint density at radius 1 is 0.884 bits per heavy atom. The number of carbonyl (C=O) groups excluding carboxylic acids is 4. The van der Waals surface area contributed by atoms with E-state index in [1.807, 2.05) is 58.0 Å². The Balaban J connectivity index is 3.20. The third-order valence-corrected chi connectivity index (χ3v) is 6.49. The molecule has 0 saturated heterocycles. The molecule has 4 atom stereocenters. The number of ether oxygens (including phenoxy) is 2. The first kappa shape index (κ1) is 37.7. The van der Waals surface area contributed by atoms with Crippen LogP contribution in [0.4, 0.5) is 9.59 Å². The Labute approximate surface area is 257 Å². The summed E-state index contributed by atoms with van der Waals surface area (Å²) in [5.41, 5.74) is 0.158. The molecule has 0 heterocycles. The van der Waals surface area contributed by atoms with Gasteiger partial charge < -0.3 is 35.4 Å². The molecular weight excluding hydrogens is 552 g/mol. The summed E-state index contributed by atoms with van der Waals surface area (Å²) in [4.78, 5) is 53.3. The van der Waals surface area contributed by atoms with Crippen molar-refractivity contribution in [2.45, 2.75) is 105 Å². The number of carbonyl (C=O) groups is 4. The van der Waals surface area contributed by atoms with Crippen molar-refractivity contribution in [1.82, 2.24) is 20.9 Å². The average molecular weight is 607 g/mol. The van der Waals surface area contributed by atoms with Gasteiger partial charge in [0.05, 0.1) is 25.8 Å². The SMILES string of the molecule is COC(=O)[C@H](NC(=O)[C@@H](CC(C)C)NC(=O)N(CC(C)C)C[C@@H](O)[C@@H](Cc1ccccc1)NC(=O)OC(C)(C)C)C(C)C. The Bertz CT molecular complexity index is 1020. The fraction of sp³-hybridized carbons (Fsp3) is 0.688. The van der Waals surface area contributed by atoms with Crippen LogP contribution in [0.25, 0.3) is 0 Å². The zero-order valence-corrected chi connectivity index (χ0v) is 27.6. The molecule has 0 fully saturated rings. The van der Waals surface area contributed by atoms with Crippen LogP contribution >= 0.6 is 0 Å². The predicted molar refractivity (Wildman–Crippen MR) is 166 cm³/mol. The number of amides is 4. The molecule has 0 aliphatic rings. The summed E-state index contributed by atoms with van der Waals surface area (Å²) in [5.74, 6) is -1.18.